The highest BCUT2D eigenvalue weighted by molar-refractivity contribution is 5.73. The Morgan fingerprint density at radius 3 is 3.07 bits per heavy atom. The number of carboxylic acids is 1. The van der Waals surface area contributed by atoms with E-state index in [4.69, 9.17) is 5.11 Å². The molecule has 1 aromatic carbocycles. The molecule has 2 N–H and O–H groups in total. The van der Waals surface area contributed by atoms with Crippen LogP contribution in [0.4, 0.5) is 5.69 Å². The number of carbonyl (C=O) groups is 1. The number of hydrogen-bond acceptors (Lipinski definition) is 2. The Morgan fingerprint density at radius 1 is 1.57 bits per heavy atom. The zero-order valence-corrected chi connectivity index (χ0v) is 8.08. The number of aryl methyl sites for hydroxylation is 1. The third-order valence-corrected chi connectivity index (χ3v) is 2.75. The van der Waals surface area contributed by atoms with Gasteiger partial charge in [0, 0.05) is 12.2 Å². The van der Waals surface area contributed by atoms with Gasteiger partial charge in [-0.25, -0.2) is 0 Å². The molecule has 1 heterocycles. The normalized spacial score (nSPS) is 19.6. The van der Waals surface area contributed by atoms with Crippen LogP contribution in [0.5, 0.6) is 0 Å². The van der Waals surface area contributed by atoms with Crippen LogP contribution in [0, 0.1) is 12.8 Å². The van der Waals surface area contributed by atoms with E-state index < -0.39 is 5.97 Å². The van der Waals surface area contributed by atoms with Crippen LogP contribution < -0.4 is 5.32 Å². The number of aliphatic carboxylic acids is 1. The number of nitrogens with one attached hydrogen (secondary N) is 1. The Hall–Kier alpha value is -1.51. The molecule has 3 heteroatoms. The summed E-state index contributed by atoms with van der Waals surface area (Å²) in [5.74, 6) is -1.00. The fraction of sp³-hybridized carbons (Fsp3) is 0.364. The molecule has 1 aromatic rings. The molecule has 1 atom stereocenters. The number of hydrogen-bond donors (Lipinski definition) is 2. The summed E-state index contributed by atoms with van der Waals surface area (Å²) in [5.41, 5.74) is 3.40. The number of benzene rings is 1. The number of carboxylic acid groups (broad SMARTS) is 1. The van der Waals surface area contributed by atoms with Gasteiger partial charge in [0.15, 0.2) is 0 Å². The minimum Gasteiger partial charge on any atom is -0.481 e. The Labute approximate surface area is 82.8 Å². The van der Waals surface area contributed by atoms with E-state index in [0.717, 1.165) is 11.3 Å². The predicted molar refractivity (Wildman–Crippen MR) is 54.5 cm³/mol. The van der Waals surface area contributed by atoms with Crippen molar-refractivity contribution >= 4 is 11.7 Å². The third kappa shape index (κ3) is 1.45. The molecule has 1 unspecified atom stereocenters. The minimum atomic E-state index is -0.716. The average Bonchev–Trinajstić information content (AvgIpc) is 2.18. The van der Waals surface area contributed by atoms with Crippen molar-refractivity contribution in [1.29, 1.82) is 0 Å². The molecule has 2 rings (SSSR count). The van der Waals surface area contributed by atoms with Gasteiger partial charge in [0.05, 0.1) is 5.92 Å². The summed E-state index contributed by atoms with van der Waals surface area (Å²) in [6.07, 6.45) is 0.643. The van der Waals surface area contributed by atoms with E-state index in [-0.39, 0.29) is 5.92 Å². The molecule has 0 bridgehead atoms. The van der Waals surface area contributed by atoms with E-state index in [2.05, 4.69) is 5.32 Å². The lowest BCUT2D eigenvalue weighted by Crippen LogP contribution is -2.29. The molecule has 0 fully saturated rings. The number of rotatable bonds is 1. The summed E-state index contributed by atoms with van der Waals surface area (Å²) in [6.45, 7) is 2.55. The first-order valence-electron chi connectivity index (χ1n) is 4.73. The van der Waals surface area contributed by atoms with E-state index in [0.29, 0.717) is 13.0 Å². The maximum atomic E-state index is 10.8. The van der Waals surface area contributed by atoms with E-state index in [1.807, 2.05) is 25.1 Å². The fourth-order valence-corrected chi connectivity index (χ4v) is 1.87. The van der Waals surface area contributed by atoms with Gasteiger partial charge < -0.3 is 10.4 Å². The molecule has 1 aliphatic heterocycles. The van der Waals surface area contributed by atoms with Crippen molar-refractivity contribution in [2.24, 2.45) is 5.92 Å². The molecule has 0 radical (unpaired) electrons. The van der Waals surface area contributed by atoms with Gasteiger partial charge >= 0.3 is 5.97 Å². The molecule has 0 amide bonds. The second-order valence-electron chi connectivity index (χ2n) is 3.72. The van der Waals surface area contributed by atoms with Gasteiger partial charge in [0.1, 0.15) is 0 Å². The fourth-order valence-electron chi connectivity index (χ4n) is 1.87. The second kappa shape index (κ2) is 3.33. The smallest absolute Gasteiger partial charge is 0.308 e. The van der Waals surface area contributed by atoms with Crippen molar-refractivity contribution in [3.8, 4) is 0 Å². The summed E-state index contributed by atoms with van der Waals surface area (Å²) in [4.78, 5) is 10.8. The molecule has 3 nitrogen and oxygen atoms in total. The standard InChI is InChI=1S/C11H13NO2/c1-7-3-2-4-10-9(7)5-8(6-12-10)11(13)14/h2-4,8,12H,5-6H2,1H3,(H,13,14). The monoisotopic (exact) mass is 191 g/mol. The van der Waals surface area contributed by atoms with Crippen LogP contribution in [0.2, 0.25) is 0 Å². The SMILES string of the molecule is Cc1cccc2c1CC(C(=O)O)CN2. The molecular weight excluding hydrogens is 178 g/mol. The first-order valence-corrected chi connectivity index (χ1v) is 4.73. The maximum Gasteiger partial charge on any atom is 0.308 e. The van der Waals surface area contributed by atoms with E-state index in [1.165, 1.54) is 5.56 Å². The van der Waals surface area contributed by atoms with Crippen LogP contribution >= 0.6 is 0 Å². The Bertz CT molecular complexity index is 374. The Balaban J connectivity index is 2.33. The Kier molecular flexibility index (Phi) is 2.15. The molecule has 0 aliphatic carbocycles. The zero-order valence-electron chi connectivity index (χ0n) is 8.08. The molecule has 0 saturated carbocycles. The van der Waals surface area contributed by atoms with Gasteiger partial charge in [0.2, 0.25) is 0 Å². The van der Waals surface area contributed by atoms with Crippen LogP contribution in [0.3, 0.4) is 0 Å². The summed E-state index contributed by atoms with van der Waals surface area (Å²) >= 11 is 0. The molecule has 1 aliphatic rings. The van der Waals surface area contributed by atoms with Crippen molar-refractivity contribution in [1.82, 2.24) is 0 Å². The highest BCUT2D eigenvalue weighted by Gasteiger charge is 2.24. The van der Waals surface area contributed by atoms with Crippen LogP contribution in [0.1, 0.15) is 11.1 Å². The topological polar surface area (TPSA) is 49.3 Å². The zero-order chi connectivity index (χ0) is 10.1. The lowest BCUT2D eigenvalue weighted by Gasteiger charge is -2.24. The van der Waals surface area contributed by atoms with Gasteiger partial charge in [-0.05, 0) is 30.5 Å². The third-order valence-electron chi connectivity index (χ3n) is 2.75. The lowest BCUT2D eigenvalue weighted by atomic mass is 9.91. The minimum absolute atomic E-state index is 0.288. The van der Waals surface area contributed by atoms with Gasteiger partial charge in [-0.15, -0.1) is 0 Å². The highest BCUT2D eigenvalue weighted by Crippen LogP contribution is 2.27. The van der Waals surface area contributed by atoms with Gasteiger partial charge in [-0.2, -0.15) is 0 Å². The first kappa shape index (κ1) is 9.06. The molecule has 14 heavy (non-hydrogen) atoms. The quantitative estimate of drug-likeness (QED) is 0.709. The summed E-state index contributed by atoms with van der Waals surface area (Å²) in [5, 5.41) is 12.1. The van der Waals surface area contributed by atoms with Crippen LogP contribution in [-0.4, -0.2) is 17.6 Å². The van der Waals surface area contributed by atoms with Crippen molar-refractivity contribution in [2.75, 3.05) is 11.9 Å². The largest absolute Gasteiger partial charge is 0.481 e. The van der Waals surface area contributed by atoms with E-state index in [1.54, 1.807) is 0 Å². The van der Waals surface area contributed by atoms with Crippen molar-refractivity contribution in [3.05, 3.63) is 29.3 Å². The van der Waals surface area contributed by atoms with Gasteiger partial charge in [0.25, 0.3) is 0 Å². The number of fused-ring (bicyclic) bond motifs is 1. The van der Waals surface area contributed by atoms with Crippen molar-refractivity contribution in [3.63, 3.8) is 0 Å². The summed E-state index contributed by atoms with van der Waals surface area (Å²) in [6, 6.07) is 6.01. The highest BCUT2D eigenvalue weighted by atomic mass is 16.4. The summed E-state index contributed by atoms with van der Waals surface area (Å²) in [7, 11) is 0. The summed E-state index contributed by atoms with van der Waals surface area (Å²) < 4.78 is 0. The molecule has 0 aromatic heterocycles. The second-order valence-corrected chi connectivity index (χ2v) is 3.72. The molecule has 0 saturated heterocycles. The molecule has 0 spiro atoms. The molecule has 74 valence electrons. The maximum absolute atomic E-state index is 10.8. The van der Waals surface area contributed by atoms with Crippen LogP contribution in [0.25, 0.3) is 0 Å². The van der Waals surface area contributed by atoms with Gasteiger partial charge in [-0.1, -0.05) is 12.1 Å². The van der Waals surface area contributed by atoms with E-state index >= 15 is 0 Å². The van der Waals surface area contributed by atoms with Crippen molar-refractivity contribution in [2.45, 2.75) is 13.3 Å². The first-order chi connectivity index (χ1) is 6.68. The van der Waals surface area contributed by atoms with Crippen LogP contribution in [0.15, 0.2) is 18.2 Å². The Morgan fingerprint density at radius 2 is 2.36 bits per heavy atom. The van der Waals surface area contributed by atoms with E-state index in [9.17, 15) is 4.79 Å². The average molecular weight is 191 g/mol. The predicted octanol–water partition coefficient (Wildman–Crippen LogP) is 1.66. The van der Waals surface area contributed by atoms with Gasteiger partial charge in [-0.3, -0.25) is 4.79 Å². The lowest BCUT2D eigenvalue weighted by molar-refractivity contribution is -0.141. The molecular formula is C11H13NO2. The van der Waals surface area contributed by atoms with Crippen molar-refractivity contribution < 1.29 is 9.90 Å². The van der Waals surface area contributed by atoms with Crippen LogP contribution in [-0.2, 0) is 11.2 Å². The number of anilines is 1.